The van der Waals surface area contributed by atoms with Gasteiger partial charge < -0.3 is 9.15 Å². The van der Waals surface area contributed by atoms with Gasteiger partial charge in [-0.15, -0.1) is 0 Å². The smallest absolute Gasteiger partial charge is 0.132 e. The first-order valence-corrected chi connectivity index (χ1v) is 4.46. The molecule has 1 aliphatic rings. The van der Waals surface area contributed by atoms with E-state index in [4.69, 9.17) is 14.4 Å². The molecule has 0 N–H and O–H groups in total. The average molecular weight is 177 g/mol. The predicted octanol–water partition coefficient (Wildman–Crippen LogP) is 2.41. The van der Waals surface area contributed by atoms with E-state index in [0.29, 0.717) is 6.42 Å². The summed E-state index contributed by atoms with van der Waals surface area (Å²) in [6.07, 6.45) is 4.21. The van der Waals surface area contributed by atoms with Gasteiger partial charge in [0.15, 0.2) is 0 Å². The van der Waals surface area contributed by atoms with E-state index >= 15 is 0 Å². The molecule has 68 valence electrons. The lowest BCUT2D eigenvalue weighted by molar-refractivity contribution is 0.0351. The topological polar surface area (TPSA) is 46.2 Å². The number of nitriles is 1. The third kappa shape index (κ3) is 1.73. The quantitative estimate of drug-likeness (QED) is 0.696. The van der Waals surface area contributed by atoms with Crippen molar-refractivity contribution in [1.29, 1.82) is 5.26 Å². The largest absolute Gasteiger partial charge is 0.467 e. The maximum atomic E-state index is 8.49. The molecule has 1 fully saturated rings. The maximum Gasteiger partial charge on any atom is 0.132 e. The number of hydrogen-bond acceptors (Lipinski definition) is 3. The van der Waals surface area contributed by atoms with Crippen LogP contribution in [0.2, 0.25) is 0 Å². The second-order valence-electron chi connectivity index (χ2n) is 3.20. The second-order valence-corrected chi connectivity index (χ2v) is 3.20. The fraction of sp³-hybridized carbons (Fsp3) is 0.500. The normalized spacial score (nSPS) is 27.3. The Kier molecular flexibility index (Phi) is 2.33. The third-order valence-electron chi connectivity index (χ3n) is 2.29. The van der Waals surface area contributed by atoms with Gasteiger partial charge in [0.1, 0.15) is 11.9 Å². The van der Waals surface area contributed by atoms with Crippen LogP contribution in [0.25, 0.3) is 0 Å². The first kappa shape index (κ1) is 8.33. The van der Waals surface area contributed by atoms with E-state index in [2.05, 4.69) is 6.07 Å². The Morgan fingerprint density at radius 3 is 3.15 bits per heavy atom. The van der Waals surface area contributed by atoms with Gasteiger partial charge in [0.2, 0.25) is 0 Å². The SMILES string of the molecule is N#CC[C@@H]1CC[C@@H](c2ccco2)O1. The molecule has 0 radical (unpaired) electrons. The third-order valence-corrected chi connectivity index (χ3v) is 2.29. The molecule has 0 aromatic carbocycles. The van der Waals surface area contributed by atoms with Crippen LogP contribution in [-0.2, 0) is 4.74 Å². The van der Waals surface area contributed by atoms with Gasteiger partial charge in [0, 0.05) is 0 Å². The summed E-state index contributed by atoms with van der Waals surface area (Å²) in [5, 5.41) is 8.49. The summed E-state index contributed by atoms with van der Waals surface area (Å²) in [5.74, 6) is 0.875. The first-order valence-electron chi connectivity index (χ1n) is 4.46. The highest BCUT2D eigenvalue weighted by molar-refractivity contribution is 5.04. The monoisotopic (exact) mass is 177 g/mol. The van der Waals surface area contributed by atoms with Gasteiger partial charge in [0.05, 0.1) is 24.9 Å². The highest BCUT2D eigenvalue weighted by atomic mass is 16.5. The summed E-state index contributed by atoms with van der Waals surface area (Å²) in [7, 11) is 0. The average Bonchev–Trinajstić information content (AvgIpc) is 2.70. The van der Waals surface area contributed by atoms with E-state index in [1.807, 2.05) is 12.1 Å². The van der Waals surface area contributed by atoms with Crippen molar-refractivity contribution in [3.8, 4) is 6.07 Å². The highest BCUT2D eigenvalue weighted by Crippen LogP contribution is 2.33. The van der Waals surface area contributed by atoms with Crippen LogP contribution < -0.4 is 0 Å². The van der Waals surface area contributed by atoms with Crippen LogP contribution in [0.15, 0.2) is 22.8 Å². The second kappa shape index (κ2) is 3.63. The molecule has 1 aromatic rings. The lowest BCUT2D eigenvalue weighted by Gasteiger charge is -2.08. The lowest BCUT2D eigenvalue weighted by atomic mass is 10.1. The number of ether oxygens (including phenoxy) is 1. The fourth-order valence-corrected chi connectivity index (χ4v) is 1.64. The van der Waals surface area contributed by atoms with Gasteiger partial charge in [-0.25, -0.2) is 0 Å². The summed E-state index contributed by atoms with van der Waals surface area (Å²) < 4.78 is 10.9. The Hall–Kier alpha value is -1.27. The van der Waals surface area contributed by atoms with E-state index in [0.717, 1.165) is 18.6 Å². The molecule has 13 heavy (non-hydrogen) atoms. The Labute approximate surface area is 76.9 Å². The number of furan rings is 1. The van der Waals surface area contributed by atoms with Crippen molar-refractivity contribution in [1.82, 2.24) is 0 Å². The molecule has 1 aliphatic heterocycles. The zero-order valence-electron chi connectivity index (χ0n) is 7.27. The Bertz CT molecular complexity index is 299. The minimum Gasteiger partial charge on any atom is -0.467 e. The minimum absolute atomic E-state index is 0.0633. The van der Waals surface area contributed by atoms with E-state index in [1.54, 1.807) is 6.26 Å². The molecule has 3 heteroatoms. The van der Waals surface area contributed by atoms with Gasteiger partial charge in [-0.2, -0.15) is 5.26 Å². The zero-order valence-corrected chi connectivity index (χ0v) is 7.27. The van der Waals surface area contributed by atoms with Crippen LogP contribution in [0.1, 0.15) is 31.1 Å². The van der Waals surface area contributed by atoms with Crippen molar-refractivity contribution in [2.45, 2.75) is 31.5 Å². The summed E-state index contributed by atoms with van der Waals surface area (Å²) in [6.45, 7) is 0. The summed E-state index contributed by atoms with van der Waals surface area (Å²) in [6, 6.07) is 5.89. The molecule has 0 amide bonds. The molecule has 0 unspecified atom stereocenters. The molecule has 1 aromatic heterocycles. The van der Waals surface area contributed by atoms with E-state index in [9.17, 15) is 0 Å². The van der Waals surface area contributed by atoms with Crippen molar-refractivity contribution in [3.05, 3.63) is 24.2 Å². The highest BCUT2D eigenvalue weighted by Gasteiger charge is 2.27. The van der Waals surface area contributed by atoms with Gasteiger partial charge in [-0.1, -0.05) is 0 Å². The van der Waals surface area contributed by atoms with Gasteiger partial charge in [0.25, 0.3) is 0 Å². The Morgan fingerprint density at radius 1 is 1.54 bits per heavy atom. The van der Waals surface area contributed by atoms with Gasteiger partial charge in [-0.05, 0) is 25.0 Å². The molecular weight excluding hydrogens is 166 g/mol. The van der Waals surface area contributed by atoms with Crippen LogP contribution in [-0.4, -0.2) is 6.10 Å². The molecule has 2 atom stereocenters. The summed E-state index contributed by atoms with van der Waals surface area (Å²) in [5.41, 5.74) is 0. The van der Waals surface area contributed by atoms with Crippen molar-refractivity contribution in [2.24, 2.45) is 0 Å². The van der Waals surface area contributed by atoms with Crippen LogP contribution >= 0.6 is 0 Å². The van der Waals surface area contributed by atoms with Crippen LogP contribution in [0.5, 0.6) is 0 Å². The maximum absolute atomic E-state index is 8.49. The van der Waals surface area contributed by atoms with E-state index in [-0.39, 0.29) is 12.2 Å². The lowest BCUT2D eigenvalue weighted by Crippen LogP contribution is -2.04. The molecule has 2 rings (SSSR count). The molecule has 0 bridgehead atoms. The molecule has 3 nitrogen and oxygen atoms in total. The van der Waals surface area contributed by atoms with Crippen LogP contribution in [0.4, 0.5) is 0 Å². The van der Waals surface area contributed by atoms with E-state index in [1.165, 1.54) is 0 Å². The van der Waals surface area contributed by atoms with Crippen molar-refractivity contribution < 1.29 is 9.15 Å². The number of rotatable bonds is 2. The van der Waals surface area contributed by atoms with Crippen LogP contribution in [0.3, 0.4) is 0 Å². The molecular formula is C10H11NO2. The molecule has 1 saturated heterocycles. The Balaban J connectivity index is 1.96. The minimum atomic E-state index is 0.0633. The Morgan fingerprint density at radius 2 is 2.46 bits per heavy atom. The standard InChI is InChI=1S/C10H11NO2/c11-6-5-8-3-4-10(13-8)9-2-1-7-12-9/h1-2,7-8,10H,3-5H2/t8-,10-/m0/s1. The molecule has 0 aliphatic carbocycles. The number of nitrogens with zero attached hydrogens (tertiary/aromatic N) is 1. The molecule has 2 heterocycles. The fourth-order valence-electron chi connectivity index (χ4n) is 1.64. The summed E-state index contributed by atoms with van der Waals surface area (Å²) >= 11 is 0. The first-order chi connectivity index (χ1) is 6.40. The van der Waals surface area contributed by atoms with Gasteiger partial charge in [-0.3, -0.25) is 0 Å². The number of hydrogen-bond donors (Lipinski definition) is 0. The van der Waals surface area contributed by atoms with Crippen molar-refractivity contribution >= 4 is 0 Å². The van der Waals surface area contributed by atoms with Crippen molar-refractivity contribution in [2.75, 3.05) is 0 Å². The van der Waals surface area contributed by atoms with E-state index < -0.39 is 0 Å². The van der Waals surface area contributed by atoms with Gasteiger partial charge >= 0.3 is 0 Å². The zero-order chi connectivity index (χ0) is 9.10. The predicted molar refractivity (Wildman–Crippen MR) is 45.8 cm³/mol. The molecule has 0 spiro atoms. The van der Waals surface area contributed by atoms with Crippen LogP contribution in [0, 0.1) is 11.3 Å². The summed E-state index contributed by atoms with van der Waals surface area (Å²) in [4.78, 5) is 0. The van der Waals surface area contributed by atoms with Crippen molar-refractivity contribution in [3.63, 3.8) is 0 Å². The molecule has 0 saturated carbocycles.